The Morgan fingerprint density at radius 3 is 2.54 bits per heavy atom. The Hall–Kier alpha value is -2.64. The van der Waals surface area contributed by atoms with Gasteiger partial charge in [-0.3, -0.25) is 0 Å². The molecule has 0 saturated heterocycles. The van der Waals surface area contributed by atoms with Gasteiger partial charge in [0, 0.05) is 18.4 Å². The van der Waals surface area contributed by atoms with Crippen molar-refractivity contribution in [2.24, 2.45) is 7.05 Å². The number of halogens is 2. The molecule has 0 amide bonds. The van der Waals surface area contributed by atoms with Crippen molar-refractivity contribution in [2.45, 2.75) is 32.7 Å². The minimum atomic E-state index is -2.72. The molecule has 8 heteroatoms. The molecule has 0 aliphatic heterocycles. The summed E-state index contributed by atoms with van der Waals surface area (Å²) < 4.78 is 27.9. The normalized spacial score (nSPS) is 11.6. The lowest BCUT2D eigenvalue weighted by atomic mass is 10.2. The summed E-state index contributed by atoms with van der Waals surface area (Å²) in [4.78, 5) is 7.86. The molecule has 24 heavy (non-hydrogen) atoms. The van der Waals surface area contributed by atoms with Gasteiger partial charge in [-0.1, -0.05) is 26.0 Å². The number of nitrogens with one attached hydrogen (secondary N) is 1. The van der Waals surface area contributed by atoms with Gasteiger partial charge in [-0.15, -0.1) is 10.2 Å². The highest BCUT2D eigenvalue weighted by Crippen LogP contribution is 2.24. The second-order valence-electron chi connectivity index (χ2n) is 5.79. The number of hydrogen-bond donors (Lipinski definition) is 1. The Balaban J connectivity index is 1.92. The first-order valence-electron chi connectivity index (χ1n) is 7.64. The number of fused-ring (bicyclic) bond motifs is 1. The average Bonchev–Trinajstić information content (AvgIpc) is 2.93. The summed E-state index contributed by atoms with van der Waals surface area (Å²) >= 11 is 0. The first kappa shape index (κ1) is 16.2. The standard InChI is InChI=1S/C16H18F2N6/c1-9(2)16-23-22-12(24(16)3)8-19-14-10-6-4-5-7-11(10)20-15(21-14)13(17)18/h4-7,9,13H,8H2,1-3H3,(H,19,20,21). The molecule has 2 aromatic heterocycles. The molecule has 0 aliphatic carbocycles. The monoisotopic (exact) mass is 332 g/mol. The molecule has 0 atom stereocenters. The third-order valence-corrected chi connectivity index (χ3v) is 3.74. The molecule has 6 nitrogen and oxygen atoms in total. The van der Waals surface area contributed by atoms with Crippen molar-refractivity contribution in [3.63, 3.8) is 0 Å². The van der Waals surface area contributed by atoms with Crippen LogP contribution in [-0.2, 0) is 13.6 Å². The second kappa shape index (κ2) is 6.46. The van der Waals surface area contributed by atoms with Crippen LogP contribution in [0.3, 0.4) is 0 Å². The minimum Gasteiger partial charge on any atom is -0.362 e. The summed E-state index contributed by atoms with van der Waals surface area (Å²) in [5.74, 6) is 1.70. The van der Waals surface area contributed by atoms with E-state index in [0.29, 0.717) is 29.1 Å². The molecule has 0 bridgehead atoms. The molecule has 3 rings (SSSR count). The molecular formula is C16H18F2N6. The highest BCUT2D eigenvalue weighted by atomic mass is 19.3. The summed E-state index contributed by atoms with van der Waals surface area (Å²) in [6.45, 7) is 4.40. The number of aromatic nitrogens is 5. The zero-order valence-corrected chi connectivity index (χ0v) is 13.7. The van der Waals surface area contributed by atoms with Gasteiger partial charge in [0.15, 0.2) is 11.6 Å². The van der Waals surface area contributed by atoms with Crippen LogP contribution in [0.5, 0.6) is 0 Å². The van der Waals surface area contributed by atoms with Crippen LogP contribution in [0.4, 0.5) is 14.6 Å². The van der Waals surface area contributed by atoms with Crippen LogP contribution in [0.2, 0.25) is 0 Å². The molecule has 0 radical (unpaired) electrons. The van der Waals surface area contributed by atoms with Crippen molar-refractivity contribution >= 4 is 16.7 Å². The Labute approximate surface area is 138 Å². The van der Waals surface area contributed by atoms with Crippen LogP contribution in [0.1, 0.15) is 43.7 Å². The maximum absolute atomic E-state index is 13.0. The number of para-hydroxylation sites is 1. The van der Waals surface area contributed by atoms with Gasteiger partial charge in [-0.25, -0.2) is 18.7 Å². The third-order valence-electron chi connectivity index (χ3n) is 3.74. The maximum Gasteiger partial charge on any atom is 0.297 e. The van der Waals surface area contributed by atoms with Gasteiger partial charge in [-0.05, 0) is 12.1 Å². The number of nitrogens with zero attached hydrogens (tertiary/aromatic N) is 5. The Bertz CT molecular complexity index is 859. The lowest BCUT2D eigenvalue weighted by Gasteiger charge is -2.11. The Morgan fingerprint density at radius 1 is 1.12 bits per heavy atom. The topological polar surface area (TPSA) is 68.5 Å². The van der Waals surface area contributed by atoms with Crippen LogP contribution < -0.4 is 5.32 Å². The molecule has 0 unspecified atom stereocenters. The molecule has 3 aromatic rings. The number of hydrogen-bond acceptors (Lipinski definition) is 5. The fraction of sp³-hybridized carbons (Fsp3) is 0.375. The largest absolute Gasteiger partial charge is 0.362 e. The van der Waals surface area contributed by atoms with E-state index in [1.54, 1.807) is 18.2 Å². The SMILES string of the molecule is CC(C)c1nnc(CNc2nc(C(F)F)nc3ccccc23)n1C. The van der Waals surface area contributed by atoms with Gasteiger partial charge in [0.2, 0.25) is 0 Å². The van der Waals surface area contributed by atoms with E-state index in [9.17, 15) is 8.78 Å². The zero-order chi connectivity index (χ0) is 17.3. The number of rotatable bonds is 5. The van der Waals surface area contributed by atoms with E-state index >= 15 is 0 Å². The van der Waals surface area contributed by atoms with Gasteiger partial charge >= 0.3 is 0 Å². The molecule has 126 valence electrons. The van der Waals surface area contributed by atoms with Gasteiger partial charge in [0.25, 0.3) is 6.43 Å². The van der Waals surface area contributed by atoms with Crippen LogP contribution in [-0.4, -0.2) is 24.7 Å². The molecule has 1 aromatic carbocycles. The maximum atomic E-state index is 13.0. The highest BCUT2D eigenvalue weighted by molar-refractivity contribution is 5.88. The summed E-state index contributed by atoms with van der Waals surface area (Å²) in [6, 6.07) is 7.06. The first-order valence-corrected chi connectivity index (χ1v) is 7.64. The van der Waals surface area contributed by atoms with Crippen molar-refractivity contribution in [3.8, 4) is 0 Å². The van der Waals surface area contributed by atoms with Crippen LogP contribution in [0.15, 0.2) is 24.3 Å². The van der Waals surface area contributed by atoms with Gasteiger partial charge in [0.1, 0.15) is 11.6 Å². The van der Waals surface area contributed by atoms with Gasteiger partial charge in [0.05, 0.1) is 12.1 Å². The first-order chi connectivity index (χ1) is 11.5. The van der Waals surface area contributed by atoms with Crippen LogP contribution >= 0.6 is 0 Å². The van der Waals surface area contributed by atoms with E-state index in [0.717, 1.165) is 5.82 Å². The van der Waals surface area contributed by atoms with Crippen molar-refractivity contribution < 1.29 is 8.78 Å². The fourth-order valence-corrected chi connectivity index (χ4v) is 2.52. The molecule has 0 spiro atoms. The lowest BCUT2D eigenvalue weighted by molar-refractivity contribution is 0.141. The second-order valence-corrected chi connectivity index (χ2v) is 5.79. The number of benzene rings is 1. The van der Waals surface area contributed by atoms with E-state index in [2.05, 4.69) is 25.5 Å². The molecular weight excluding hydrogens is 314 g/mol. The summed E-state index contributed by atoms with van der Waals surface area (Å²) in [5.41, 5.74) is 0.478. The van der Waals surface area contributed by atoms with E-state index in [4.69, 9.17) is 0 Å². The third kappa shape index (κ3) is 3.04. The summed E-state index contributed by atoms with van der Waals surface area (Å²) in [6.07, 6.45) is -2.72. The summed E-state index contributed by atoms with van der Waals surface area (Å²) in [5, 5.41) is 12.1. The molecule has 0 aliphatic rings. The fourth-order valence-electron chi connectivity index (χ4n) is 2.52. The minimum absolute atomic E-state index is 0.251. The van der Waals surface area contributed by atoms with E-state index in [1.807, 2.05) is 31.5 Å². The summed E-state index contributed by atoms with van der Waals surface area (Å²) in [7, 11) is 1.88. The predicted molar refractivity (Wildman–Crippen MR) is 86.9 cm³/mol. The molecule has 0 saturated carbocycles. The quantitative estimate of drug-likeness (QED) is 0.775. The van der Waals surface area contributed by atoms with Crippen LogP contribution in [0.25, 0.3) is 10.9 Å². The molecule has 2 heterocycles. The average molecular weight is 332 g/mol. The molecule has 0 fully saturated rings. The Morgan fingerprint density at radius 2 is 1.88 bits per heavy atom. The Kier molecular flexibility index (Phi) is 4.37. The van der Waals surface area contributed by atoms with E-state index in [-0.39, 0.29) is 5.92 Å². The smallest absolute Gasteiger partial charge is 0.297 e. The van der Waals surface area contributed by atoms with Crippen molar-refractivity contribution in [1.29, 1.82) is 0 Å². The van der Waals surface area contributed by atoms with Crippen molar-refractivity contribution in [3.05, 3.63) is 41.7 Å². The van der Waals surface area contributed by atoms with Crippen LogP contribution in [0, 0.1) is 0 Å². The van der Waals surface area contributed by atoms with E-state index in [1.165, 1.54) is 0 Å². The zero-order valence-electron chi connectivity index (χ0n) is 13.7. The molecule has 1 N–H and O–H groups in total. The lowest BCUT2D eigenvalue weighted by Crippen LogP contribution is -2.10. The highest BCUT2D eigenvalue weighted by Gasteiger charge is 2.16. The number of alkyl halides is 2. The van der Waals surface area contributed by atoms with Crippen molar-refractivity contribution in [1.82, 2.24) is 24.7 Å². The van der Waals surface area contributed by atoms with Gasteiger partial charge < -0.3 is 9.88 Å². The van der Waals surface area contributed by atoms with E-state index < -0.39 is 12.2 Å². The number of anilines is 1. The van der Waals surface area contributed by atoms with Gasteiger partial charge in [-0.2, -0.15) is 0 Å². The predicted octanol–water partition coefficient (Wildman–Crippen LogP) is 3.43. The van der Waals surface area contributed by atoms with Crippen molar-refractivity contribution in [2.75, 3.05) is 5.32 Å².